The molecule has 32 heavy (non-hydrogen) atoms. The maximum Gasteiger partial charge on any atom is 0.270 e. The minimum atomic E-state index is -4.34. The SMILES string of the molecule is COc1ccccc1NS(=O)(=O)c1cc([N+](=O)[O-])ccc1NN=Cc1ccc(F)cc1F. The third kappa shape index (κ3) is 5.16. The van der Waals surface area contributed by atoms with Crippen molar-refractivity contribution in [3.63, 3.8) is 0 Å². The van der Waals surface area contributed by atoms with Gasteiger partial charge in [0.15, 0.2) is 0 Å². The molecule has 0 aliphatic heterocycles. The summed E-state index contributed by atoms with van der Waals surface area (Å²) < 4.78 is 60.2. The van der Waals surface area contributed by atoms with Gasteiger partial charge in [0.05, 0.1) is 29.6 Å². The van der Waals surface area contributed by atoms with Gasteiger partial charge in [0, 0.05) is 23.8 Å². The molecule has 166 valence electrons. The predicted molar refractivity (Wildman–Crippen MR) is 114 cm³/mol. The molecule has 3 rings (SSSR count). The minimum Gasteiger partial charge on any atom is -0.495 e. The number of methoxy groups -OCH3 is 1. The fraction of sp³-hybridized carbons (Fsp3) is 0.0500. The number of halogens is 2. The topological polar surface area (TPSA) is 123 Å². The number of ether oxygens (including phenoxy) is 1. The summed E-state index contributed by atoms with van der Waals surface area (Å²) in [6.45, 7) is 0. The highest BCUT2D eigenvalue weighted by molar-refractivity contribution is 7.93. The summed E-state index contributed by atoms with van der Waals surface area (Å²) in [4.78, 5) is 9.94. The van der Waals surface area contributed by atoms with Gasteiger partial charge in [0.1, 0.15) is 22.3 Å². The van der Waals surface area contributed by atoms with Crippen LogP contribution in [0, 0.1) is 21.7 Å². The van der Waals surface area contributed by atoms with E-state index in [-0.39, 0.29) is 22.7 Å². The lowest BCUT2D eigenvalue weighted by Crippen LogP contribution is -2.15. The summed E-state index contributed by atoms with van der Waals surface area (Å²) in [6.07, 6.45) is 1.01. The van der Waals surface area contributed by atoms with Crippen LogP contribution in [0.4, 0.5) is 25.8 Å². The number of anilines is 2. The number of rotatable bonds is 8. The Bertz CT molecular complexity index is 1300. The van der Waals surface area contributed by atoms with Crippen LogP contribution in [-0.4, -0.2) is 26.7 Å². The molecule has 0 aromatic heterocycles. The number of para-hydroxylation sites is 2. The first-order valence-electron chi connectivity index (χ1n) is 8.89. The van der Waals surface area contributed by atoms with Gasteiger partial charge in [-0.1, -0.05) is 12.1 Å². The van der Waals surface area contributed by atoms with Gasteiger partial charge in [-0.3, -0.25) is 20.3 Å². The van der Waals surface area contributed by atoms with Crippen LogP contribution in [0.1, 0.15) is 5.56 Å². The van der Waals surface area contributed by atoms with Gasteiger partial charge >= 0.3 is 0 Å². The van der Waals surface area contributed by atoms with Crippen molar-refractivity contribution in [2.24, 2.45) is 5.10 Å². The number of sulfonamides is 1. The molecule has 3 aromatic carbocycles. The molecule has 0 bridgehead atoms. The Labute approximate surface area is 181 Å². The first kappa shape index (κ1) is 22.6. The van der Waals surface area contributed by atoms with Crippen molar-refractivity contribution in [2.75, 3.05) is 17.3 Å². The van der Waals surface area contributed by atoms with Crippen LogP contribution in [-0.2, 0) is 10.0 Å². The Morgan fingerprint density at radius 2 is 1.81 bits per heavy atom. The summed E-state index contributed by atoms with van der Waals surface area (Å²) in [5.74, 6) is -1.40. The highest BCUT2D eigenvalue weighted by Crippen LogP contribution is 2.31. The predicted octanol–water partition coefficient (Wildman–Crippen LogP) is 4.13. The highest BCUT2D eigenvalue weighted by Gasteiger charge is 2.23. The van der Waals surface area contributed by atoms with Crippen LogP contribution in [0.15, 0.2) is 70.7 Å². The van der Waals surface area contributed by atoms with Gasteiger partial charge in [-0.25, -0.2) is 17.2 Å². The maximum absolute atomic E-state index is 13.7. The van der Waals surface area contributed by atoms with E-state index in [2.05, 4.69) is 15.2 Å². The third-order valence-corrected chi connectivity index (χ3v) is 5.57. The zero-order valence-electron chi connectivity index (χ0n) is 16.5. The highest BCUT2D eigenvalue weighted by atomic mass is 32.2. The second kappa shape index (κ2) is 9.39. The molecule has 0 atom stereocenters. The van der Waals surface area contributed by atoms with Gasteiger partial charge in [0.25, 0.3) is 15.7 Å². The summed E-state index contributed by atoms with van der Waals surface area (Å²) in [5, 5.41) is 14.9. The second-order valence-corrected chi connectivity index (χ2v) is 7.93. The zero-order valence-corrected chi connectivity index (χ0v) is 17.3. The number of nitro groups is 1. The lowest BCUT2D eigenvalue weighted by atomic mass is 10.2. The summed E-state index contributed by atoms with van der Waals surface area (Å²) in [7, 11) is -2.98. The fourth-order valence-corrected chi connectivity index (χ4v) is 3.89. The molecule has 0 aliphatic carbocycles. The van der Waals surface area contributed by atoms with E-state index in [4.69, 9.17) is 4.74 Å². The van der Waals surface area contributed by atoms with Crippen molar-refractivity contribution in [3.8, 4) is 5.75 Å². The average molecular weight is 462 g/mol. The minimum absolute atomic E-state index is 0.0580. The number of hydrazone groups is 1. The Hall–Kier alpha value is -4.06. The molecule has 0 fully saturated rings. The first-order valence-corrected chi connectivity index (χ1v) is 10.4. The molecule has 2 N–H and O–H groups in total. The number of hydrogen-bond donors (Lipinski definition) is 2. The monoisotopic (exact) mass is 462 g/mol. The van der Waals surface area contributed by atoms with E-state index in [0.717, 1.165) is 36.5 Å². The molecule has 0 spiro atoms. The van der Waals surface area contributed by atoms with Crippen LogP contribution < -0.4 is 14.9 Å². The average Bonchev–Trinajstić information content (AvgIpc) is 2.75. The summed E-state index contributed by atoms with van der Waals surface area (Å²) >= 11 is 0. The van der Waals surface area contributed by atoms with Crippen molar-refractivity contribution in [2.45, 2.75) is 4.90 Å². The lowest BCUT2D eigenvalue weighted by Gasteiger charge is -2.14. The molecule has 0 amide bonds. The van der Waals surface area contributed by atoms with E-state index in [9.17, 15) is 27.3 Å². The Morgan fingerprint density at radius 1 is 1.06 bits per heavy atom. The van der Waals surface area contributed by atoms with Gasteiger partial charge in [-0.15, -0.1) is 0 Å². The van der Waals surface area contributed by atoms with E-state index < -0.39 is 37.2 Å². The molecule has 0 aliphatic rings. The number of nitrogens with zero attached hydrogens (tertiary/aromatic N) is 2. The second-order valence-electron chi connectivity index (χ2n) is 6.28. The molecule has 3 aromatic rings. The van der Waals surface area contributed by atoms with Crippen LogP contribution >= 0.6 is 0 Å². The van der Waals surface area contributed by atoms with Crippen molar-refractivity contribution < 1.29 is 26.9 Å². The molecule has 0 unspecified atom stereocenters. The molecular weight excluding hydrogens is 446 g/mol. The molecule has 0 radical (unpaired) electrons. The van der Waals surface area contributed by atoms with Gasteiger partial charge < -0.3 is 4.74 Å². The van der Waals surface area contributed by atoms with Gasteiger partial charge in [0.2, 0.25) is 0 Å². The molecular formula is C20H16F2N4O5S. The molecule has 0 saturated heterocycles. The number of nitrogens with one attached hydrogen (secondary N) is 2. The first-order chi connectivity index (χ1) is 15.2. The smallest absolute Gasteiger partial charge is 0.270 e. The van der Waals surface area contributed by atoms with Crippen LogP contribution in [0.2, 0.25) is 0 Å². The fourth-order valence-electron chi connectivity index (χ4n) is 2.65. The van der Waals surface area contributed by atoms with Gasteiger partial charge in [-0.2, -0.15) is 5.10 Å². The Balaban J connectivity index is 1.97. The Morgan fingerprint density at radius 3 is 2.50 bits per heavy atom. The molecule has 12 heteroatoms. The summed E-state index contributed by atoms with van der Waals surface area (Å²) in [5.41, 5.74) is 1.90. The normalized spacial score (nSPS) is 11.3. The lowest BCUT2D eigenvalue weighted by molar-refractivity contribution is -0.385. The quantitative estimate of drug-likeness (QED) is 0.295. The van der Waals surface area contributed by atoms with Crippen molar-refractivity contribution in [1.82, 2.24) is 0 Å². The molecule has 0 saturated carbocycles. The summed E-state index contributed by atoms with van der Waals surface area (Å²) in [6, 6.07) is 12.1. The van der Waals surface area contributed by atoms with E-state index in [1.807, 2.05) is 0 Å². The van der Waals surface area contributed by atoms with Crippen molar-refractivity contribution in [3.05, 3.63) is 88.0 Å². The number of non-ortho nitro benzene ring substituents is 1. The Kier molecular flexibility index (Phi) is 6.64. The van der Waals surface area contributed by atoms with E-state index in [1.165, 1.54) is 19.2 Å². The van der Waals surface area contributed by atoms with E-state index in [1.54, 1.807) is 12.1 Å². The van der Waals surface area contributed by atoms with Crippen LogP contribution in [0.25, 0.3) is 0 Å². The van der Waals surface area contributed by atoms with Crippen molar-refractivity contribution in [1.29, 1.82) is 0 Å². The number of hydrogen-bond acceptors (Lipinski definition) is 7. The van der Waals surface area contributed by atoms with Crippen molar-refractivity contribution >= 4 is 33.3 Å². The number of benzene rings is 3. The van der Waals surface area contributed by atoms with E-state index in [0.29, 0.717) is 6.07 Å². The van der Waals surface area contributed by atoms with Gasteiger partial charge in [-0.05, 0) is 30.3 Å². The molecule has 9 nitrogen and oxygen atoms in total. The standard InChI is InChI=1S/C20H16F2N4O5S/c1-31-19-5-3-2-4-17(19)25-32(29,30)20-11-15(26(27)28)8-9-18(20)24-23-12-13-6-7-14(21)10-16(13)22/h2-12,24-25H,1H3. The third-order valence-electron chi connectivity index (χ3n) is 4.17. The largest absolute Gasteiger partial charge is 0.495 e. The number of nitro benzene ring substituents is 1. The zero-order chi connectivity index (χ0) is 23.3. The van der Waals surface area contributed by atoms with E-state index >= 15 is 0 Å². The van der Waals surface area contributed by atoms with Crippen LogP contribution in [0.3, 0.4) is 0 Å². The maximum atomic E-state index is 13.7. The van der Waals surface area contributed by atoms with Crippen LogP contribution in [0.5, 0.6) is 5.75 Å². The molecule has 0 heterocycles.